The Labute approximate surface area is 147 Å². The molecule has 1 fully saturated rings. The highest BCUT2D eigenvalue weighted by molar-refractivity contribution is 7.91. The lowest BCUT2D eigenvalue weighted by atomic mass is 10.1. The largest absolute Gasteiger partial charge is 0.366 e. The van der Waals surface area contributed by atoms with Gasteiger partial charge >= 0.3 is 0 Å². The Morgan fingerprint density at radius 2 is 1.88 bits per heavy atom. The number of anilines is 2. The van der Waals surface area contributed by atoms with Crippen molar-refractivity contribution in [3.8, 4) is 0 Å². The molecule has 132 valence electrons. The first-order valence-electron chi connectivity index (χ1n) is 8.13. The fourth-order valence-electron chi connectivity index (χ4n) is 2.98. The summed E-state index contributed by atoms with van der Waals surface area (Å²) in [7, 11) is -2.93. The van der Waals surface area contributed by atoms with Crippen molar-refractivity contribution < 1.29 is 13.2 Å². The van der Waals surface area contributed by atoms with E-state index in [1.807, 2.05) is 32.0 Å². The maximum Gasteiger partial charge on any atom is 0.257 e. The Morgan fingerprint density at radius 1 is 1.16 bits per heavy atom. The Hall–Kier alpha value is -2.41. The molecule has 6 nitrogen and oxygen atoms in total. The molecule has 3 rings (SSSR count). The molecule has 2 N–H and O–H groups in total. The van der Waals surface area contributed by atoms with Crippen molar-refractivity contribution in [2.24, 2.45) is 0 Å². The number of aryl methyl sites for hydroxylation is 2. The van der Waals surface area contributed by atoms with E-state index in [2.05, 4.69) is 15.6 Å². The molecule has 1 atom stereocenters. The molecule has 0 spiro atoms. The summed E-state index contributed by atoms with van der Waals surface area (Å²) in [5.41, 5.74) is 3.36. The number of amides is 1. The van der Waals surface area contributed by atoms with Crippen LogP contribution in [0.25, 0.3) is 0 Å². The molecule has 1 aromatic carbocycles. The fraction of sp³-hybridized carbons (Fsp3) is 0.333. The van der Waals surface area contributed by atoms with E-state index in [0.29, 0.717) is 17.8 Å². The van der Waals surface area contributed by atoms with E-state index in [1.165, 1.54) is 6.20 Å². The summed E-state index contributed by atoms with van der Waals surface area (Å²) < 4.78 is 23.0. The van der Waals surface area contributed by atoms with Crippen LogP contribution < -0.4 is 10.6 Å². The molecule has 1 unspecified atom stereocenters. The lowest BCUT2D eigenvalue weighted by molar-refractivity contribution is 0.102. The first kappa shape index (κ1) is 17.4. The van der Waals surface area contributed by atoms with Crippen LogP contribution in [0.4, 0.5) is 11.5 Å². The van der Waals surface area contributed by atoms with Gasteiger partial charge in [0.05, 0.1) is 17.1 Å². The van der Waals surface area contributed by atoms with Gasteiger partial charge in [0.25, 0.3) is 5.91 Å². The molecular formula is C18H21N3O3S. The Bertz CT molecular complexity index is 872. The summed E-state index contributed by atoms with van der Waals surface area (Å²) in [6.45, 7) is 3.96. The summed E-state index contributed by atoms with van der Waals surface area (Å²) in [5, 5.41) is 5.97. The van der Waals surface area contributed by atoms with Gasteiger partial charge in [-0.1, -0.05) is 6.07 Å². The van der Waals surface area contributed by atoms with Gasteiger partial charge in [0, 0.05) is 17.9 Å². The smallest absolute Gasteiger partial charge is 0.257 e. The minimum absolute atomic E-state index is 0.118. The molecule has 2 heterocycles. The maximum atomic E-state index is 12.3. The van der Waals surface area contributed by atoms with Gasteiger partial charge < -0.3 is 10.6 Å². The second kappa shape index (κ2) is 6.84. The van der Waals surface area contributed by atoms with Crippen LogP contribution >= 0.6 is 0 Å². The van der Waals surface area contributed by atoms with Crippen molar-refractivity contribution >= 4 is 27.2 Å². The van der Waals surface area contributed by atoms with Crippen molar-refractivity contribution in [1.29, 1.82) is 0 Å². The molecule has 1 amide bonds. The molecule has 0 aliphatic carbocycles. The van der Waals surface area contributed by atoms with E-state index in [4.69, 9.17) is 0 Å². The highest BCUT2D eigenvalue weighted by Gasteiger charge is 2.27. The molecule has 1 aliphatic heterocycles. The van der Waals surface area contributed by atoms with Gasteiger partial charge in [0.2, 0.25) is 0 Å². The number of hydrogen-bond acceptors (Lipinski definition) is 5. The Morgan fingerprint density at radius 3 is 2.44 bits per heavy atom. The van der Waals surface area contributed by atoms with Gasteiger partial charge in [0.1, 0.15) is 5.82 Å². The zero-order valence-corrected chi connectivity index (χ0v) is 15.1. The van der Waals surface area contributed by atoms with E-state index >= 15 is 0 Å². The van der Waals surface area contributed by atoms with Gasteiger partial charge in [0.15, 0.2) is 9.84 Å². The van der Waals surface area contributed by atoms with Gasteiger partial charge in [-0.25, -0.2) is 13.4 Å². The molecular weight excluding hydrogens is 338 g/mol. The highest BCUT2D eigenvalue weighted by atomic mass is 32.2. The summed E-state index contributed by atoms with van der Waals surface area (Å²) in [5.74, 6) is 0.683. The van der Waals surface area contributed by atoms with Gasteiger partial charge in [-0.2, -0.15) is 0 Å². The molecule has 7 heteroatoms. The predicted octanol–water partition coefficient (Wildman–Crippen LogP) is 2.55. The summed E-state index contributed by atoms with van der Waals surface area (Å²) in [6.07, 6.45) is 2.07. The van der Waals surface area contributed by atoms with Crippen LogP contribution in [0.1, 0.15) is 27.9 Å². The molecule has 0 radical (unpaired) electrons. The van der Waals surface area contributed by atoms with Crippen molar-refractivity contribution in [1.82, 2.24) is 4.98 Å². The predicted molar refractivity (Wildman–Crippen MR) is 98.8 cm³/mol. The number of aromatic nitrogens is 1. The molecule has 1 saturated heterocycles. The van der Waals surface area contributed by atoms with Crippen LogP contribution in [-0.2, 0) is 9.84 Å². The maximum absolute atomic E-state index is 12.3. The van der Waals surface area contributed by atoms with Crippen LogP contribution in [0.5, 0.6) is 0 Å². The normalized spacial score (nSPS) is 18.7. The van der Waals surface area contributed by atoms with Crippen LogP contribution in [0.3, 0.4) is 0 Å². The molecule has 0 saturated carbocycles. The van der Waals surface area contributed by atoms with E-state index < -0.39 is 9.84 Å². The SMILES string of the molecule is Cc1cc(C)cc(NC(=O)c2ccc(NC3CCS(=O)(=O)C3)nc2)c1. The summed E-state index contributed by atoms with van der Waals surface area (Å²) >= 11 is 0. The van der Waals surface area contributed by atoms with E-state index in [9.17, 15) is 13.2 Å². The number of carbonyl (C=O) groups is 1. The highest BCUT2D eigenvalue weighted by Crippen LogP contribution is 2.18. The molecule has 25 heavy (non-hydrogen) atoms. The number of rotatable bonds is 4. The van der Waals surface area contributed by atoms with Crippen molar-refractivity contribution in [2.75, 3.05) is 22.1 Å². The monoisotopic (exact) mass is 359 g/mol. The van der Waals surface area contributed by atoms with E-state index in [1.54, 1.807) is 12.1 Å². The number of carbonyl (C=O) groups excluding carboxylic acids is 1. The molecule has 0 bridgehead atoms. The zero-order chi connectivity index (χ0) is 18.0. The Kier molecular flexibility index (Phi) is 4.76. The van der Waals surface area contributed by atoms with Crippen molar-refractivity contribution in [2.45, 2.75) is 26.3 Å². The average Bonchev–Trinajstić information content (AvgIpc) is 2.85. The van der Waals surface area contributed by atoms with E-state index in [-0.39, 0.29) is 23.5 Å². The van der Waals surface area contributed by atoms with Gasteiger partial charge in [-0.3, -0.25) is 4.79 Å². The standard InChI is InChI=1S/C18H21N3O3S/c1-12-7-13(2)9-16(8-12)21-18(22)14-3-4-17(19-10-14)20-15-5-6-25(23,24)11-15/h3-4,7-10,15H,5-6,11H2,1-2H3,(H,19,20)(H,21,22). The van der Waals surface area contributed by atoms with Crippen LogP contribution in [0.2, 0.25) is 0 Å². The van der Waals surface area contributed by atoms with Crippen LogP contribution in [-0.4, -0.2) is 36.9 Å². The van der Waals surface area contributed by atoms with Gasteiger partial charge in [-0.15, -0.1) is 0 Å². The van der Waals surface area contributed by atoms with Crippen molar-refractivity contribution in [3.63, 3.8) is 0 Å². The first-order valence-corrected chi connectivity index (χ1v) is 9.95. The van der Waals surface area contributed by atoms with Crippen LogP contribution in [0, 0.1) is 13.8 Å². The second-order valence-electron chi connectivity index (χ2n) is 6.51. The Balaban J connectivity index is 1.64. The van der Waals surface area contributed by atoms with Gasteiger partial charge in [-0.05, 0) is 55.7 Å². The third kappa shape index (κ3) is 4.57. The third-order valence-corrected chi connectivity index (χ3v) is 5.86. The second-order valence-corrected chi connectivity index (χ2v) is 8.74. The fourth-order valence-corrected chi connectivity index (χ4v) is 4.66. The van der Waals surface area contributed by atoms with Crippen molar-refractivity contribution in [3.05, 3.63) is 53.2 Å². The van der Waals surface area contributed by atoms with Crippen LogP contribution in [0.15, 0.2) is 36.5 Å². The number of pyridine rings is 1. The summed E-state index contributed by atoms with van der Waals surface area (Å²) in [4.78, 5) is 16.5. The quantitative estimate of drug-likeness (QED) is 0.876. The topological polar surface area (TPSA) is 88.2 Å². The number of nitrogens with one attached hydrogen (secondary N) is 2. The number of benzene rings is 1. The minimum atomic E-state index is -2.93. The summed E-state index contributed by atoms with van der Waals surface area (Å²) in [6, 6.07) is 9.12. The third-order valence-electron chi connectivity index (χ3n) is 4.09. The lowest BCUT2D eigenvalue weighted by Gasteiger charge is -2.12. The number of hydrogen-bond donors (Lipinski definition) is 2. The molecule has 1 aliphatic rings. The number of nitrogens with zero attached hydrogens (tertiary/aromatic N) is 1. The lowest BCUT2D eigenvalue weighted by Crippen LogP contribution is -2.21. The number of sulfone groups is 1. The molecule has 1 aromatic heterocycles. The first-order chi connectivity index (χ1) is 11.8. The zero-order valence-electron chi connectivity index (χ0n) is 14.2. The van der Waals surface area contributed by atoms with E-state index in [0.717, 1.165) is 16.8 Å². The average molecular weight is 359 g/mol. The minimum Gasteiger partial charge on any atom is -0.366 e. The molecule has 2 aromatic rings.